The molecular formula is C12H18O3. The van der Waals surface area contributed by atoms with E-state index in [0.717, 1.165) is 6.42 Å². The Morgan fingerprint density at radius 1 is 1.27 bits per heavy atom. The molecule has 3 heteroatoms. The van der Waals surface area contributed by atoms with Crippen molar-refractivity contribution < 1.29 is 14.7 Å². The fourth-order valence-electron chi connectivity index (χ4n) is 2.01. The van der Waals surface area contributed by atoms with Crippen LogP contribution in [0.1, 0.15) is 40.0 Å². The number of aliphatic carboxylic acids is 1. The first-order valence-electron chi connectivity index (χ1n) is 5.22. The Kier molecular flexibility index (Phi) is 3.03. The first-order chi connectivity index (χ1) is 6.79. The molecule has 84 valence electrons. The van der Waals surface area contributed by atoms with Crippen molar-refractivity contribution in [1.29, 1.82) is 0 Å². The van der Waals surface area contributed by atoms with E-state index in [1.165, 1.54) is 0 Å². The van der Waals surface area contributed by atoms with Crippen LogP contribution < -0.4 is 0 Å². The Balaban J connectivity index is 2.71. The summed E-state index contributed by atoms with van der Waals surface area (Å²) in [5, 5.41) is 8.55. The number of allylic oxidation sites excluding steroid dienone is 2. The van der Waals surface area contributed by atoms with Gasteiger partial charge in [0, 0.05) is 11.8 Å². The molecule has 0 aromatic carbocycles. The van der Waals surface area contributed by atoms with Gasteiger partial charge in [0.25, 0.3) is 0 Å². The van der Waals surface area contributed by atoms with Gasteiger partial charge in [0.2, 0.25) is 0 Å². The van der Waals surface area contributed by atoms with Gasteiger partial charge in [0.15, 0.2) is 0 Å². The zero-order valence-electron chi connectivity index (χ0n) is 9.54. The molecular weight excluding hydrogens is 192 g/mol. The summed E-state index contributed by atoms with van der Waals surface area (Å²) in [6.07, 6.45) is 4.85. The van der Waals surface area contributed by atoms with Crippen LogP contribution in [0.3, 0.4) is 0 Å². The Morgan fingerprint density at radius 3 is 2.27 bits per heavy atom. The quantitative estimate of drug-likeness (QED) is 0.725. The first kappa shape index (κ1) is 12.0. The van der Waals surface area contributed by atoms with Crippen LogP contribution in [0.25, 0.3) is 0 Å². The minimum absolute atomic E-state index is 0.0555. The summed E-state index contributed by atoms with van der Waals surface area (Å²) in [4.78, 5) is 22.4. The van der Waals surface area contributed by atoms with Crippen molar-refractivity contribution >= 4 is 11.8 Å². The molecule has 1 rings (SSSR count). The number of hydrogen-bond acceptors (Lipinski definition) is 2. The predicted octanol–water partition coefficient (Wildman–Crippen LogP) is 2.41. The molecule has 0 radical (unpaired) electrons. The van der Waals surface area contributed by atoms with Crippen LogP contribution in [0.2, 0.25) is 0 Å². The molecule has 0 amide bonds. The fourth-order valence-corrected chi connectivity index (χ4v) is 2.01. The van der Waals surface area contributed by atoms with Gasteiger partial charge in [0.1, 0.15) is 5.78 Å². The van der Waals surface area contributed by atoms with Crippen molar-refractivity contribution in [2.75, 3.05) is 0 Å². The summed E-state index contributed by atoms with van der Waals surface area (Å²) >= 11 is 0. The molecule has 0 unspecified atom stereocenters. The standard InChI is InChI=1S/C12H18O3/c1-11(2)7-4-8-12(11,3)9(13)5-6-10(14)15/h4,7H,5-6,8H2,1-3H3,(H,14,15)/t12-/m1/s1. The van der Waals surface area contributed by atoms with Gasteiger partial charge in [-0.1, -0.05) is 32.9 Å². The van der Waals surface area contributed by atoms with Gasteiger partial charge in [-0.15, -0.1) is 0 Å². The molecule has 0 aliphatic heterocycles. The lowest BCUT2D eigenvalue weighted by Gasteiger charge is -2.36. The zero-order chi connectivity index (χ0) is 11.7. The highest BCUT2D eigenvalue weighted by Gasteiger charge is 2.46. The highest BCUT2D eigenvalue weighted by atomic mass is 16.4. The SMILES string of the molecule is CC1(C)C=CC[C@]1(C)C(=O)CCC(=O)O. The van der Waals surface area contributed by atoms with Crippen LogP contribution in [-0.4, -0.2) is 16.9 Å². The van der Waals surface area contributed by atoms with Gasteiger partial charge >= 0.3 is 5.97 Å². The van der Waals surface area contributed by atoms with E-state index in [2.05, 4.69) is 0 Å². The maximum atomic E-state index is 12.0. The van der Waals surface area contributed by atoms with Crippen LogP contribution in [0.4, 0.5) is 0 Å². The van der Waals surface area contributed by atoms with Gasteiger partial charge in [-0.25, -0.2) is 0 Å². The number of hydrogen-bond donors (Lipinski definition) is 1. The molecule has 1 aliphatic carbocycles. The summed E-state index contributed by atoms with van der Waals surface area (Å²) < 4.78 is 0. The van der Waals surface area contributed by atoms with E-state index in [1.54, 1.807) is 0 Å². The number of carboxylic acids is 1. The Bertz CT molecular complexity index is 315. The topological polar surface area (TPSA) is 54.4 Å². The lowest BCUT2D eigenvalue weighted by atomic mass is 9.65. The third-order valence-electron chi connectivity index (χ3n) is 3.66. The van der Waals surface area contributed by atoms with Crippen LogP contribution in [0.5, 0.6) is 0 Å². The molecule has 1 N–H and O–H groups in total. The van der Waals surface area contributed by atoms with Gasteiger partial charge in [0.05, 0.1) is 6.42 Å². The van der Waals surface area contributed by atoms with Crippen LogP contribution in [0, 0.1) is 10.8 Å². The summed E-state index contributed by atoms with van der Waals surface area (Å²) in [7, 11) is 0. The van der Waals surface area contributed by atoms with Gasteiger partial charge in [-0.2, -0.15) is 0 Å². The van der Waals surface area contributed by atoms with Gasteiger partial charge in [-0.3, -0.25) is 9.59 Å². The average molecular weight is 210 g/mol. The highest BCUT2D eigenvalue weighted by molar-refractivity contribution is 5.88. The number of Topliss-reactive ketones (excluding diaryl/α,β-unsaturated/α-hetero) is 1. The van der Waals surface area contributed by atoms with Crippen molar-refractivity contribution in [3.63, 3.8) is 0 Å². The maximum Gasteiger partial charge on any atom is 0.303 e. The van der Waals surface area contributed by atoms with Crippen LogP contribution >= 0.6 is 0 Å². The molecule has 0 saturated carbocycles. The van der Waals surface area contributed by atoms with E-state index < -0.39 is 11.4 Å². The molecule has 1 aliphatic rings. The van der Waals surface area contributed by atoms with Crippen LogP contribution in [0.15, 0.2) is 12.2 Å². The van der Waals surface area contributed by atoms with Crippen molar-refractivity contribution in [2.24, 2.45) is 10.8 Å². The van der Waals surface area contributed by atoms with E-state index in [1.807, 2.05) is 32.9 Å². The summed E-state index contributed by atoms with van der Waals surface area (Å²) in [6.45, 7) is 5.97. The van der Waals surface area contributed by atoms with Crippen molar-refractivity contribution in [2.45, 2.75) is 40.0 Å². The van der Waals surface area contributed by atoms with Crippen molar-refractivity contribution in [3.8, 4) is 0 Å². The van der Waals surface area contributed by atoms with E-state index in [4.69, 9.17) is 5.11 Å². The molecule has 0 saturated heterocycles. The predicted molar refractivity (Wildman–Crippen MR) is 57.5 cm³/mol. The molecule has 0 fully saturated rings. The Morgan fingerprint density at radius 2 is 1.87 bits per heavy atom. The molecule has 0 aromatic heterocycles. The number of carbonyl (C=O) groups excluding carboxylic acids is 1. The molecule has 0 spiro atoms. The fraction of sp³-hybridized carbons (Fsp3) is 0.667. The molecule has 0 bridgehead atoms. The second-order valence-corrected chi connectivity index (χ2v) is 4.98. The molecule has 1 atom stereocenters. The van der Waals surface area contributed by atoms with Gasteiger partial charge < -0.3 is 5.11 Å². The molecule has 3 nitrogen and oxygen atoms in total. The summed E-state index contributed by atoms with van der Waals surface area (Å²) in [5.41, 5.74) is -0.592. The van der Waals surface area contributed by atoms with E-state index in [9.17, 15) is 9.59 Å². The van der Waals surface area contributed by atoms with E-state index in [-0.39, 0.29) is 24.0 Å². The smallest absolute Gasteiger partial charge is 0.303 e. The van der Waals surface area contributed by atoms with E-state index >= 15 is 0 Å². The van der Waals surface area contributed by atoms with E-state index in [0.29, 0.717) is 0 Å². The number of ketones is 1. The second kappa shape index (κ2) is 3.80. The van der Waals surface area contributed by atoms with Crippen molar-refractivity contribution in [1.82, 2.24) is 0 Å². The Labute approximate surface area is 90.2 Å². The largest absolute Gasteiger partial charge is 0.481 e. The summed E-state index contributed by atoms with van der Waals surface area (Å²) in [6, 6.07) is 0. The lowest BCUT2D eigenvalue weighted by molar-refractivity contribution is -0.141. The number of carboxylic acid groups (broad SMARTS) is 1. The van der Waals surface area contributed by atoms with Gasteiger partial charge in [-0.05, 0) is 11.8 Å². The van der Waals surface area contributed by atoms with Crippen molar-refractivity contribution in [3.05, 3.63) is 12.2 Å². The Hall–Kier alpha value is -1.12. The number of carbonyl (C=O) groups is 2. The average Bonchev–Trinajstić information content (AvgIpc) is 2.38. The minimum atomic E-state index is -0.907. The molecule has 0 heterocycles. The maximum absolute atomic E-state index is 12.0. The molecule has 15 heavy (non-hydrogen) atoms. The third-order valence-corrected chi connectivity index (χ3v) is 3.66. The minimum Gasteiger partial charge on any atom is -0.481 e. The second-order valence-electron chi connectivity index (χ2n) is 4.98. The zero-order valence-corrected chi connectivity index (χ0v) is 9.54. The summed E-state index contributed by atoms with van der Waals surface area (Å²) in [5.74, 6) is -0.851. The first-order valence-corrected chi connectivity index (χ1v) is 5.22. The monoisotopic (exact) mass is 210 g/mol. The highest BCUT2D eigenvalue weighted by Crippen LogP contribution is 2.49. The van der Waals surface area contributed by atoms with Crippen LogP contribution in [-0.2, 0) is 9.59 Å². The molecule has 0 aromatic rings. The normalized spacial score (nSPS) is 27.9. The lowest BCUT2D eigenvalue weighted by Crippen LogP contribution is -2.38. The number of rotatable bonds is 4. The third kappa shape index (κ3) is 2.11.